The fraction of sp³-hybridized carbons (Fsp3) is 0.667. The lowest BCUT2D eigenvalue weighted by atomic mass is 10.1. The van der Waals surface area contributed by atoms with Crippen LogP contribution in [0.1, 0.15) is 32.8 Å². The summed E-state index contributed by atoms with van der Waals surface area (Å²) in [6.45, 7) is 14.1. The Bertz CT molecular complexity index is 757. The van der Waals surface area contributed by atoms with Crippen LogP contribution in [0.4, 0.5) is 4.39 Å². The molecule has 0 aliphatic carbocycles. The molecule has 0 bridgehead atoms. The third kappa shape index (κ3) is 8.15. The van der Waals surface area contributed by atoms with Gasteiger partial charge in [0.2, 0.25) is 11.8 Å². The summed E-state index contributed by atoms with van der Waals surface area (Å²) in [4.78, 5) is 33.6. The van der Waals surface area contributed by atoms with Crippen molar-refractivity contribution in [1.29, 1.82) is 0 Å². The van der Waals surface area contributed by atoms with E-state index in [9.17, 15) is 14.0 Å². The highest BCUT2D eigenvalue weighted by Gasteiger charge is 2.25. The van der Waals surface area contributed by atoms with Crippen LogP contribution in [0.5, 0.6) is 0 Å². The van der Waals surface area contributed by atoms with Gasteiger partial charge in [-0.25, -0.2) is 4.39 Å². The smallest absolute Gasteiger partial charge is 0.236 e. The first-order chi connectivity index (χ1) is 15.2. The zero-order chi connectivity index (χ0) is 23.1. The molecule has 0 atom stereocenters. The summed E-state index contributed by atoms with van der Waals surface area (Å²) in [6, 6.07) is 6.70. The minimum absolute atomic E-state index is 0.0343. The van der Waals surface area contributed by atoms with Gasteiger partial charge in [-0.3, -0.25) is 24.3 Å². The van der Waals surface area contributed by atoms with Gasteiger partial charge in [-0.15, -0.1) is 0 Å². The predicted molar refractivity (Wildman–Crippen MR) is 124 cm³/mol. The zero-order valence-electron chi connectivity index (χ0n) is 19.8. The van der Waals surface area contributed by atoms with Crippen LogP contribution in [0.25, 0.3) is 0 Å². The molecule has 0 aromatic heterocycles. The van der Waals surface area contributed by atoms with E-state index in [2.05, 4.69) is 20.0 Å². The first-order valence-corrected chi connectivity index (χ1v) is 11.7. The quantitative estimate of drug-likeness (QED) is 0.714. The minimum Gasteiger partial charge on any atom is -0.350 e. The largest absolute Gasteiger partial charge is 0.350 e. The van der Waals surface area contributed by atoms with Crippen LogP contribution in [0, 0.1) is 5.82 Å². The summed E-state index contributed by atoms with van der Waals surface area (Å²) >= 11 is 0. The third-order valence-electron chi connectivity index (χ3n) is 5.97. The average Bonchev–Trinajstić information content (AvgIpc) is 2.94. The van der Waals surface area contributed by atoms with Gasteiger partial charge in [0.25, 0.3) is 0 Å². The van der Waals surface area contributed by atoms with Gasteiger partial charge in [0.1, 0.15) is 5.82 Å². The van der Waals surface area contributed by atoms with Crippen molar-refractivity contribution in [1.82, 2.24) is 24.9 Å². The monoisotopic (exact) mass is 447 g/mol. The molecular formula is C24H38FN5O2. The zero-order valence-corrected chi connectivity index (χ0v) is 19.8. The summed E-state index contributed by atoms with van der Waals surface area (Å²) in [5.74, 6) is 0.00567. The van der Waals surface area contributed by atoms with Gasteiger partial charge >= 0.3 is 0 Å². The Morgan fingerprint density at radius 1 is 0.844 bits per heavy atom. The first-order valence-electron chi connectivity index (χ1n) is 11.7. The van der Waals surface area contributed by atoms with Crippen molar-refractivity contribution in [2.45, 2.75) is 39.3 Å². The van der Waals surface area contributed by atoms with Crippen LogP contribution in [-0.2, 0) is 16.1 Å². The van der Waals surface area contributed by atoms with Crippen LogP contribution in [0.3, 0.4) is 0 Å². The van der Waals surface area contributed by atoms with E-state index in [-0.39, 0.29) is 23.2 Å². The average molecular weight is 448 g/mol. The van der Waals surface area contributed by atoms with Crippen LogP contribution in [0.2, 0.25) is 0 Å². The maximum atomic E-state index is 13.1. The molecule has 0 spiro atoms. The molecule has 7 nitrogen and oxygen atoms in total. The fourth-order valence-corrected chi connectivity index (χ4v) is 4.30. The van der Waals surface area contributed by atoms with Crippen molar-refractivity contribution in [3.8, 4) is 0 Å². The molecule has 2 aliphatic rings. The molecule has 32 heavy (non-hydrogen) atoms. The molecule has 8 heteroatoms. The van der Waals surface area contributed by atoms with Crippen molar-refractivity contribution in [3.05, 3.63) is 35.6 Å². The van der Waals surface area contributed by atoms with Crippen molar-refractivity contribution in [3.63, 3.8) is 0 Å². The number of hydrogen-bond acceptors (Lipinski definition) is 5. The number of nitrogens with zero attached hydrogens (tertiary/aromatic N) is 4. The molecule has 1 N–H and O–H groups in total. The van der Waals surface area contributed by atoms with E-state index < -0.39 is 0 Å². The lowest BCUT2D eigenvalue weighted by molar-refractivity contribution is -0.134. The summed E-state index contributed by atoms with van der Waals surface area (Å²) in [6.07, 6.45) is 1.02. The second kappa shape index (κ2) is 11.2. The molecule has 178 valence electrons. The Balaban J connectivity index is 1.38. The number of hydrogen-bond donors (Lipinski definition) is 1. The standard InChI is InChI=1S/C24H38FN5O2/c1-24(2,3)26-22(31)18-29-13-15-30(16-14-29)23(32)19-28-10-4-9-27(11-12-28)17-20-5-7-21(25)8-6-20/h5-8H,4,9-19H2,1-3H3,(H,26,31). The van der Waals surface area contributed by atoms with Crippen molar-refractivity contribution >= 4 is 11.8 Å². The Morgan fingerprint density at radius 3 is 2.06 bits per heavy atom. The fourth-order valence-electron chi connectivity index (χ4n) is 4.30. The number of carbonyl (C=O) groups is 2. The maximum Gasteiger partial charge on any atom is 0.236 e. The topological polar surface area (TPSA) is 59.1 Å². The predicted octanol–water partition coefficient (Wildman–Crippen LogP) is 1.39. The molecule has 0 saturated carbocycles. The highest BCUT2D eigenvalue weighted by atomic mass is 19.1. The molecule has 2 fully saturated rings. The normalized spacial score (nSPS) is 19.6. The van der Waals surface area contributed by atoms with Crippen molar-refractivity contribution in [2.75, 3.05) is 65.4 Å². The van der Waals surface area contributed by atoms with Gasteiger partial charge in [0.15, 0.2) is 0 Å². The second-order valence-corrected chi connectivity index (χ2v) is 9.99. The van der Waals surface area contributed by atoms with E-state index in [0.29, 0.717) is 26.2 Å². The first kappa shape index (κ1) is 24.6. The Labute approximate surface area is 191 Å². The molecule has 1 aromatic rings. The molecule has 2 aliphatic heterocycles. The summed E-state index contributed by atoms with van der Waals surface area (Å²) in [5.41, 5.74) is 0.890. The highest BCUT2D eigenvalue weighted by molar-refractivity contribution is 5.79. The van der Waals surface area contributed by atoms with Gasteiger partial charge in [-0.05, 0) is 58.0 Å². The van der Waals surface area contributed by atoms with Crippen molar-refractivity contribution in [2.24, 2.45) is 0 Å². The molecule has 0 unspecified atom stereocenters. The third-order valence-corrected chi connectivity index (χ3v) is 5.97. The SMILES string of the molecule is CC(C)(C)NC(=O)CN1CCN(C(=O)CN2CCCN(Cc3ccc(F)cc3)CC2)CC1. The number of nitrogens with one attached hydrogen (secondary N) is 1. The summed E-state index contributed by atoms with van der Waals surface area (Å²) in [7, 11) is 0. The van der Waals surface area contributed by atoms with Crippen LogP contribution in [-0.4, -0.2) is 102 Å². The van der Waals surface area contributed by atoms with E-state index >= 15 is 0 Å². The number of piperazine rings is 1. The molecule has 0 radical (unpaired) electrons. The Kier molecular flexibility index (Phi) is 8.62. The number of carbonyl (C=O) groups excluding carboxylic acids is 2. The van der Waals surface area contributed by atoms with E-state index in [1.807, 2.05) is 37.8 Å². The van der Waals surface area contributed by atoms with Gasteiger partial charge in [-0.1, -0.05) is 12.1 Å². The van der Waals surface area contributed by atoms with E-state index in [0.717, 1.165) is 57.8 Å². The van der Waals surface area contributed by atoms with Gasteiger partial charge in [0, 0.05) is 51.4 Å². The molecule has 3 rings (SSSR count). The second-order valence-electron chi connectivity index (χ2n) is 9.99. The number of benzene rings is 1. The maximum absolute atomic E-state index is 13.1. The van der Waals surface area contributed by atoms with Crippen LogP contribution in [0.15, 0.2) is 24.3 Å². The van der Waals surface area contributed by atoms with Crippen LogP contribution >= 0.6 is 0 Å². The van der Waals surface area contributed by atoms with Gasteiger partial charge in [-0.2, -0.15) is 0 Å². The number of amides is 2. The summed E-state index contributed by atoms with van der Waals surface area (Å²) < 4.78 is 13.1. The lowest BCUT2D eigenvalue weighted by Crippen LogP contribution is -2.54. The number of rotatable bonds is 6. The van der Waals surface area contributed by atoms with Crippen LogP contribution < -0.4 is 5.32 Å². The van der Waals surface area contributed by atoms with E-state index in [1.165, 1.54) is 12.1 Å². The molecule has 1 aromatic carbocycles. The lowest BCUT2D eigenvalue weighted by Gasteiger charge is -2.35. The minimum atomic E-state index is -0.226. The molecule has 2 saturated heterocycles. The molecule has 2 heterocycles. The van der Waals surface area contributed by atoms with E-state index in [1.54, 1.807) is 0 Å². The molecule has 2 amide bonds. The van der Waals surface area contributed by atoms with E-state index in [4.69, 9.17) is 0 Å². The highest BCUT2D eigenvalue weighted by Crippen LogP contribution is 2.11. The van der Waals surface area contributed by atoms with Gasteiger partial charge in [0.05, 0.1) is 13.1 Å². The summed E-state index contributed by atoms with van der Waals surface area (Å²) in [5, 5.41) is 2.99. The molecular weight excluding hydrogens is 409 g/mol. The van der Waals surface area contributed by atoms with Crippen molar-refractivity contribution < 1.29 is 14.0 Å². The Hall–Kier alpha value is -2.03. The Morgan fingerprint density at radius 2 is 1.41 bits per heavy atom. The number of halogens is 1. The van der Waals surface area contributed by atoms with Gasteiger partial charge < -0.3 is 10.2 Å².